The van der Waals surface area contributed by atoms with E-state index in [2.05, 4.69) is 42.3 Å². The van der Waals surface area contributed by atoms with Crippen molar-refractivity contribution in [2.75, 3.05) is 25.0 Å². The molecule has 0 aromatic heterocycles. The van der Waals surface area contributed by atoms with Gasteiger partial charge in [-0.05, 0) is 43.0 Å². The minimum Gasteiger partial charge on any atom is -0.370 e. The molecule has 19 heavy (non-hydrogen) atoms. The molecule has 0 unspecified atom stereocenters. The number of nitrogens with zero attached hydrogens (tertiary/aromatic N) is 2. The summed E-state index contributed by atoms with van der Waals surface area (Å²) >= 11 is 0. The van der Waals surface area contributed by atoms with Crippen molar-refractivity contribution < 1.29 is 0 Å². The van der Waals surface area contributed by atoms with E-state index in [1.807, 2.05) is 13.1 Å². The third-order valence-electron chi connectivity index (χ3n) is 3.80. The third kappa shape index (κ3) is 3.27. The molecule has 1 aromatic carbocycles. The molecule has 1 aliphatic rings. The van der Waals surface area contributed by atoms with Gasteiger partial charge in [0.15, 0.2) is 0 Å². The van der Waals surface area contributed by atoms with Crippen LogP contribution in [-0.4, -0.2) is 20.1 Å². The van der Waals surface area contributed by atoms with Crippen molar-refractivity contribution >= 4 is 5.69 Å². The van der Waals surface area contributed by atoms with Gasteiger partial charge >= 0.3 is 0 Å². The van der Waals surface area contributed by atoms with Crippen molar-refractivity contribution in [2.24, 2.45) is 5.41 Å². The van der Waals surface area contributed by atoms with Crippen molar-refractivity contribution in [3.63, 3.8) is 0 Å². The normalized spacial score (nSPS) is 18.1. The van der Waals surface area contributed by atoms with E-state index in [1.54, 1.807) is 0 Å². The molecule has 1 saturated heterocycles. The largest absolute Gasteiger partial charge is 0.370 e. The van der Waals surface area contributed by atoms with Gasteiger partial charge in [-0.1, -0.05) is 19.9 Å². The average molecular weight is 257 g/mol. The molecular weight excluding hydrogens is 234 g/mol. The summed E-state index contributed by atoms with van der Waals surface area (Å²) in [7, 11) is 1.92. The fourth-order valence-electron chi connectivity index (χ4n) is 2.89. The van der Waals surface area contributed by atoms with Crippen LogP contribution in [0.3, 0.4) is 0 Å². The molecule has 3 heteroatoms. The van der Waals surface area contributed by atoms with E-state index < -0.39 is 0 Å². The molecule has 1 aromatic rings. The van der Waals surface area contributed by atoms with Gasteiger partial charge in [0.05, 0.1) is 11.3 Å². The molecule has 0 atom stereocenters. The number of hydrogen-bond donors (Lipinski definition) is 1. The second-order valence-corrected chi connectivity index (χ2v) is 6.18. The molecule has 1 N–H and O–H groups in total. The van der Waals surface area contributed by atoms with E-state index in [1.165, 1.54) is 18.4 Å². The zero-order chi connectivity index (χ0) is 13.9. The topological polar surface area (TPSA) is 39.1 Å². The van der Waals surface area contributed by atoms with E-state index in [0.29, 0.717) is 5.41 Å². The van der Waals surface area contributed by atoms with Crippen LogP contribution >= 0.6 is 0 Å². The van der Waals surface area contributed by atoms with E-state index in [-0.39, 0.29) is 0 Å². The van der Waals surface area contributed by atoms with Crippen molar-refractivity contribution in [1.29, 1.82) is 5.26 Å². The van der Waals surface area contributed by atoms with Gasteiger partial charge in [0.1, 0.15) is 6.07 Å². The number of benzene rings is 1. The fraction of sp³-hybridized carbons (Fsp3) is 0.562. The Morgan fingerprint density at radius 2 is 2.21 bits per heavy atom. The molecule has 0 saturated carbocycles. The lowest BCUT2D eigenvalue weighted by molar-refractivity contribution is 0.293. The Kier molecular flexibility index (Phi) is 4.11. The van der Waals surface area contributed by atoms with Crippen LogP contribution in [0.2, 0.25) is 0 Å². The van der Waals surface area contributed by atoms with Gasteiger partial charge in [-0.25, -0.2) is 0 Å². The van der Waals surface area contributed by atoms with Crippen LogP contribution in [0.15, 0.2) is 18.2 Å². The lowest BCUT2D eigenvalue weighted by Crippen LogP contribution is -2.40. The summed E-state index contributed by atoms with van der Waals surface area (Å²) in [5.41, 5.74) is 3.40. The van der Waals surface area contributed by atoms with Gasteiger partial charge in [-0.15, -0.1) is 0 Å². The molecule has 1 aliphatic heterocycles. The summed E-state index contributed by atoms with van der Waals surface area (Å²) in [6, 6.07) is 8.58. The molecule has 1 heterocycles. The first kappa shape index (κ1) is 13.9. The minimum absolute atomic E-state index is 0.342. The predicted octanol–water partition coefficient (Wildman–Crippen LogP) is 2.90. The van der Waals surface area contributed by atoms with Crippen LogP contribution in [0, 0.1) is 16.7 Å². The second-order valence-electron chi connectivity index (χ2n) is 6.18. The molecule has 0 amide bonds. The lowest BCUT2D eigenvalue weighted by Gasteiger charge is -2.39. The summed E-state index contributed by atoms with van der Waals surface area (Å²) in [4.78, 5) is 2.37. The highest BCUT2D eigenvalue weighted by Crippen LogP contribution is 2.33. The van der Waals surface area contributed by atoms with Crippen molar-refractivity contribution in [1.82, 2.24) is 5.32 Å². The Morgan fingerprint density at radius 1 is 1.42 bits per heavy atom. The fourth-order valence-corrected chi connectivity index (χ4v) is 2.89. The smallest absolute Gasteiger partial charge is 0.101 e. The highest BCUT2D eigenvalue weighted by molar-refractivity contribution is 5.60. The molecule has 1 fully saturated rings. The third-order valence-corrected chi connectivity index (χ3v) is 3.80. The van der Waals surface area contributed by atoms with Gasteiger partial charge in [0, 0.05) is 19.6 Å². The van der Waals surface area contributed by atoms with Crippen LogP contribution in [0.5, 0.6) is 0 Å². The van der Waals surface area contributed by atoms with Crippen LogP contribution in [0.4, 0.5) is 5.69 Å². The summed E-state index contributed by atoms with van der Waals surface area (Å²) in [6.45, 7) is 7.51. The molecule has 0 bridgehead atoms. The van der Waals surface area contributed by atoms with Gasteiger partial charge in [0.2, 0.25) is 0 Å². The SMILES string of the molecule is CNCc1ccc(N2CCCC(C)(C)C2)c(C#N)c1. The number of hydrogen-bond acceptors (Lipinski definition) is 3. The highest BCUT2D eigenvalue weighted by atomic mass is 15.1. The van der Waals surface area contributed by atoms with E-state index >= 15 is 0 Å². The highest BCUT2D eigenvalue weighted by Gasteiger charge is 2.27. The Hall–Kier alpha value is -1.53. The number of nitriles is 1. The first-order valence-corrected chi connectivity index (χ1v) is 6.98. The van der Waals surface area contributed by atoms with Gasteiger partial charge in [0.25, 0.3) is 0 Å². The molecule has 0 radical (unpaired) electrons. The number of piperidine rings is 1. The van der Waals surface area contributed by atoms with Gasteiger partial charge in [-0.3, -0.25) is 0 Å². The van der Waals surface area contributed by atoms with Crippen LogP contribution < -0.4 is 10.2 Å². The van der Waals surface area contributed by atoms with Crippen LogP contribution in [0.1, 0.15) is 37.8 Å². The summed E-state index contributed by atoms with van der Waals surface area (Å²) in [6.07, 6.45) is 2.47. The standard InChI is InChI=1S/C16H23N3/c1-16(2)7-4-8-19(12-16)15-6-5-13(11-18-3)9-14(15)10-17/h5-6,9,18H,4,7-8,11-12H2,1-3H3. The summed E-state index contributed by atoms with van der Waals surface area (Å²) in [5.74, 6) is 0. The molecule has 2 rings (SSSR count). The Labute approximate surface area is 116 Å². The predicted molar refractivity (Wildman–Crippen MR) is 79.1 cm³/mol. The minimum atomic E-state index is 0.342. The Morgan fingerprint density at radius 3 is 2.84 bits per heavy atom. The zero-order valence-electron chi connectivity index (χ0n) is 12.2. The Balaban J connectivity index is 2.27. The van der Waals surface area contributed by atoms with E-state index in [4.69, 9.17) is 0 Å². The molecule has 0 spiro atoms. The first-order valence-electron chi connectivity index (χ1n) is 6.98. The lowest BCUT2D eigenvalue weighted by atomic mass is 9.84. The second kappa shape index (κ2) is 5.63. The van der Waals surface area contributed by atoms with Gasteiger partial charge in [-0.2, -0.15) is 5.26 Å². The monoisotopic (exact) mass is 257 g/mol. The quantitative estimate of drug-likeness (QED) is 0.905. The molecular formula is C16H23N3. The number of anilines is 1. The maximum absolute atomic E-state index is 9.37. The van der Waals surface area contributed by atoms with Gasteiger partial charge < -0.3 is 10.2 Å². The molecule has 102 valence electrons. The van der Waals surface area contributed by atoms with Crippen LogP contribution in [0.25, 0.3) is 0 Å². The van der Waals surface area contributed by atoms with Crippen LogP contribution in [-0.2, 0) is 6.54 Å². The van der Waals surface area contributed by atoms with E-state index in [0.717, 1.165) is 30.9 Å². The Bertz CT molecular complexity index is 485. The summed E-state index contributed by atoms with van der Waals surface area (Å²) < 4.78 is 0. The average Bonchev–Trinajstić information content (AvgIpc) is 2.37. The van der Waals surface area contributed by atoms with Crippen molar-refractivity contribution in [3.8, 4) is 6.07 Å². The summed E-state index contributed by atoms with van der Waals surface area (Å²) in [5, 5.41) is 12.5. The zero-order valence-corrected chi connectivity index (χ0v) is 12.2. The van der Waals surface area contributed by atoms with Crippen molar-refractivity contribution in [2.45, 2.75) is 33.2 Å². The van der Waals surface area contributed by atoms with E-state index in [9.17, 15) is 5.26 Å². The number of nitrogens with one attached hydrogen (secondary N) is 1. The molecule has 3 nitrogen and oxygen atoms in total. The first-order chi connectivity index (χ1) is 9.05. The maximum Gasteiger partial charge on any atom is 0.101 e. The number of rotatable bonds is 3. The van der Waals surface area contributed by atoms with Crippen molar-refractivity contribution in [3.05, 3.63) is 29.3 Å². The molecule has 0 aliphatic carbocycles. The maximum atomic E-state index is 9.37.